The van der Waals surface area contributed by atoms with E-state index in [1.807, 2.05) is 0 Å². The smallest absolute Gasteiger partial charge is 0.345 e. The first kappa shape index (κ1) is 15.1. The molecular formula is C14H13F2N5O2. The van der Waals surface area contributed by atoms with Gasteiger partial charge >= 0.3 is 6.61 Å². The lowest BCUT2D eigenvalue weighted by atomic mass is 10.1. The molecule has 0 bridgehead atoms. The molecule has 3 rings (SSSR count). The lowest BCUT2D eigenvalue weighted by molar-refractivity contribution is -0.125. The van der Waals surface area contributed by atoms with Gasteiger partial charge in [0.15, 0.2) is 0 Å². The predicted octanol–water partition coefficient (Wildman–Crippen LogP) is 1.96. The van der Waals surface area contributed by atoms with E-state index < -0.39 is 6.61 Å². The van der Waals surface area contributed by atoms with E-state index in [9.17, 15) is 13.6 Å². The van der Waals surface area contributed by atoms with Gasteiger partial charge in [-0.2, -0.15) is 13.8 Å². The summed E-state index contributed by atoms with van der Waals surface area (Å²) in [6.45, 7) is -2.76. The number of ether oxygens (including phenoxy) is 1. The molecule has 3 aromatic rings. The maximum atomic E-state index is 11.8. The van der Waals surface area contributed by atoms with Gasteiger partial charge < -0.3 is 20.0 Å². The van der Waals surface area contributed by atoms with E-state index in [0.29, 0.717) is 11.6 Å². The van der Waals surface area contributed by atoms with Crippen molar-refractivity contribution in [3.63, 3.8) is 0 Å². The number of halogens is 2. The molecule has 0 saturated carbocycles. The average molecular weight is 321 g/mol. The number of H-pyrrole nitrogens is 2. The highest BCUT2D eigenvalue weighted by molar-refractivity contribution is 5.93. The number of nitrogens with zero attached hydrogens (tertiary/aromatic N) is 2. The summed E-state index contributed by atoms with van der Waals surface area (Å²) in [6.07, 6.45) is 4.99. The van der Waals surface area contributed by atoms with Crippen LogP contribution in [0.25, 0.3) is 22.2 Å². The number of rotatable bonds is 6. The van der Waals surface area contributed by atoms with Crippen LogP contribution in [0.2, 0.25) is 0 Å². The van der Waals surface area contributed by atoms with E-state index >= 15 is 0 Å². The van der Waals surface area contributed by atoms with E-state index in [1.54, 1.807) is 24.7 Å². The Balaban J connectivity index is 1.77. The Labute approximate surface area is 128 Å². The van der Waals surface area contributed by atoms with Gasteiger partial charge in [0.05, 0.1) is 6.61 Å². The zero-order chi connectivity index (χ0) is 16.2. The molecule has 9 heteroatoms. The van der Waals surface area contributed by atoms with Crippen molar-refractivity contribution in [2.24, 2.45) is 0 Å². The molecule has 0 atom stereocenters. The second kappa shape index (κ2) is 6.53. The minimum Gasteiger partial charge on any atom is -0.352 e. The van der Waals surface area contributed by atoms with Crippen molar-refractivity contribution in [2.75, 3.05) is 18.5 Å². The van der Waals surface area contributed by atoms with Gasteiger partial charge in [0, 0.05) is 47.7 Å². The third kappa shape index (κ3) is 3.51. The number of hydrogen-bond acceptors (Lipinski definition) is 5. The van der Waals surface area contributed by atoms with Crippen LogP contribution in [0.5, 0.6) is 0 Å². The number of fused-ring (bicyclic) bond motifs is 1. The molecule has 0 radical (unpaired) electrons. The van der Waals surface area contributed by atoms with Crippen LogP contribution in [-0.2, 0) is 4.74 Å². The molecule has 0 amide bonds. The van der Waals surface area contributed by atoms with Gasteiger partial charge in [-0.15, -0.1) is 0 Å². The summed E-state index contributed by atoms with van der Waals surface area (Å²) in [5.41, 5.74) is 2.09. The zero-order valence-electron chi connectivity index (χ0n) is 11.8. The molecule has 0 aliphatic rings. The molecule has 3 heterocycles. The molecule has 0 aliphatic heterocycles. The average Bonchev–Trinajstić information content (AvgIpc) is 2.95. The predicted molar refractivity (Wildman–Crippen MR) is 80.4 cm³/mol. The highest BCUT2D eigenvalue weighted by atomic mass is 19.3. The largest absolute Gasteiger partial charge is 0.352 e. The van der Waals surface area contributed by atoms with Crippen LogP contribution in [0.4, 0.5) is 14.7 Å². The molecule has 0 aliphatic carbocycles. The normalized spacial score (nSPS) is 11.3. The third-order valence-electron chi connectivity index (χ3n) is 3.16. The fourth-order valence-electron chi connectivity index (χ4n) is 2.12. The molecule has 7 nitrogen and oxygen atoms in total. The molecular weight excluding hydrogens is 308 g/mol. The van der Waals surface area contributed by atoms with E-state index in [-0.39, 0.29) is 18.7 Å². The molecule has 23 heavy (non-hydrogen) atoms. The Bertz CT molecular complexity index is 841. The van der Waals surface area contributed by atoms with E-state index in [4.69, 9.17) is 0 Å². The Morgan fingerprint density at radius 2 is 2.13 bits per heavy atom. The Kier molecular flexibility index (Phi) is 4.29. The van der Waals surface area contributed by atoms with Gasteiger partial charge in [-0.1, -0.05) is 0 Å². The van der Waals surface area contributed by atoms with Gasteiger partial charge in [0.1, 0.15) is 5.65 Å². The molecule has 0 fully saturated rings. The first-order valence-electron chi connectivity index (χ1n) is 6.80. The van der Waals surface area contributed by atoms with Gasteiger partial charge in [-0.25, -0.2) is 4.98 Å². The minimum atomic E-state index is -2.79. The first-order valence-corrected chi connectivity index (χ1v) is 6.80. The molecule has 0 aromatic carbocycles. The summed E-state index contributed by atoms with van der Waals surface area (Å²) in [5, 5.41) is 3.58. The lowest BCUT2D eigenvalue weighted by Crippen LogP contribution is -2.13. The summed E-state index contributed by atoms with van der Waals surface area (Å²) < 4.78 is 27.8. The van der Waals surface area contributed by atoms with Crippen LogP contribution in [0.1, 0.15) is 0 Å². The van der Waals surface area contributed by atoms with Crippen LogP contribution in [0.15, 0.2) is 35.5 Å². The molecule has 0 spiro atoms. The van der Waals surface area contributed by atoms with Crippen LogP contribution in [0.3, 0.4) is 0 Å². The minimum absolute atomic E-state index is 0.146. The number of aromatic amines is 2. The number of aromatic nitrogens is 4. The quantitative estimate of drug-likeness (QED) is 0.603. The van der Waals surface area contributed by atoms with Crippen LogP contribution < -0.4 is 10.9 Å². The summed E-state index contributed by atoms with van der Waals surface area (Å²) in [5.74, 6) is 0.310. The van der Waals surface area contributed by atoms with E-state index in [2.05, 4.69) is 30.0 Å². The molecule has 0 unspecified atom stereocenters. The standard InChI is InChI=1S/C14H13F2N5O2/c15-13(16)23-4-3-17-14-20-7-10-9(6-19-12(10)21-14)8-1-2-11(22)18-5-8/h1-2,5-7,13H,3-4H2,(H,18,22)(H2,17,19,20,21). The maximum Gasteiger partial charge on any atom is 0.345 e. The fourth-order valence-corrected chi connectivity index (χ4v) is 2.12. The number of nitrogens with one attached hydrogen (secondary N) is 3. The number of hydrogen-bond donors (Lipinski definition) is 3. The summed E-state index contributed by atoms with van der Waals surface area (Å²) in [6, 6.07) is 3.14. The van der Waals surface area contributed by atoms with Crippen LogP contribution >= 0.6 is 0 Å². The molecule has 120 valence electrons. The van der Waals surface area contributed by atoms with Gasteiger partial charge in [0.2, 0.25) is 11.5 Å². The van der Waals surface area contributed by atoms with Crippen molar-refractivity contribution >= 4 is 17.0 Å². The fraction of sp³-hybridized carbons (Fsp3) is 0.214. The second-order valence-corrected chi connectivity index (χ2v) is 4.66. The van der Waals surface area contributed by atoms with Gasteiger partial charge in [-0.3, -0.25) is 4.79 Å². The summed E-state index contributed by atoms with van der Waals surface area (Å²) >= 11 is 0. The highest BCUT2D eigenvalue weighted by Crippen LogP contribution is 2.26. The van der Waals surface area contributed by atoms with Crippen LogP contribution in [-0.4, -0.2) is 39.7 Å². The number of alkyl halides is 2. The van der Waals surface area contributed by atoms with Crippen LogP contribution in [0, 0.1) is 0 Å². The Hall–Kier alpha value is -2.81. The van der Waals surface area contributed by atoms with Crippen molar-refractivity contribution in [1.29, 1.82) is 0 Å². The van der Waals surface area contributed by atoms with E-state index in [0.717, 1.165) is 16.5 Å². The molecule has 3 aromatic heterocycles. The van der Waals surface area contributed by atoms with Crippen molar-refractivity contribution in [3.05, 3.63) is 41.1 Å². The Morgan fingerprint density at radius 3 is 2.87 bits per heavy atom. The van der Waals surface area contributed by atoms with E-state index in [1.165, 1.54) is 6.07 Å². The van der Waals surface area contributed by atoms with Crippen molar-refractivity contribution in [3.8, 4) is 11.1 Å². The SMILES string of the molecule is O=c1ccc(-c2c[nH]c3nc(NCCOC(F)F)ncc23)c[nH]1. The monoisotopic (exact) mass is 321 g/mol. The second-order valence-electron chi connectivity index (χ2n) is 4.66. The Morgan fingerprint density at radius 1 is 1.26 bits per heavy atom. The zero-order valence-corrected chi connectivity index (χ0v) is 11.8. The van der Waals surface area contributed by atoms with Crippen molar-refractivity contribution < 1.29 is 13.5 Å². The third-order valence-corrected chi connectivity index (χ3v) is 3.16. The highest BCUT2D eigenvalue weighted by Gasteiger charge is 2.09. The topological polar surface area (TPSA) is 95.7 Å². The number of pyridine rings is 1. The lowest BCUT2D eigenvalue weighted by Gasteiger charge is -2.05. The number of anilines is 1. The first-order chi connectivity index (χ1) is 11.1. The van der Waals surface area contributed by atoms with Crippen molar-refractivity contribution in [1.82, 2.24) is 19.9 Å². The van der Waals surface area contributed by atoms with Gasteiger partial charge in [0.25, 0.3) is 0 Å². The maximum absolute atomic E-state index is 11.8. The summed E-state index contributed by atoms with van der Waals surface area (Å²) in [4.78, 5) is 25.1. The van der Waals surface area contributed by atoms with Gasteiger partial charge in [-0.05, 0) is 6.07 Å². The summed E-state index contributed by atoms with van der Waals surface area (Å²) in [7, 11) is 0. The molecule has 3 N–H and O–H groups in total. The molecule has 0 saturated heterocycles. The van der Waals surface area contributed by atoms with Crippen molar-refractivity contribution in [2.45, 2.75) is 6.61 Å².